The fourth-order valence-corrected chi connectivity index (χ4v) is 3.12. The Labute approximate surface area is 78.7 Å². The summed E-state index contributed by atoms with van der Waals surface area (Å²) < 4.78 is 21.6. The molecule has 12 heavy (non-hydrogen) atoms. The maximum Gasteiger partial charge on any atom is 0.238 e. The fourth-order valence-electron chi connectivity index (χ4n) is 1.45. The third-order valence-corrected chi connectivity index (χ3v) is 5.19. The van der Waals surface area contributed by atoms with Gasteiger partial charge in [0.2, 0.25) is 9.05 Å². The minimum atomic E-state index is -3.30. The van der Waals surface area contributed by atoms with Gasteiger partial charge in [0, 0.05) is 10.7 Å². The van der Waals surface area contributed by atoms with Crippen LogP contribution in [0.4, 0.5) is 0 Å². The largest absolute Gasteiger partial charge is 0.238 e. The van der Waals surface area contributed by atoms with Gasteiger partial charge in [0.15, 0.2) is 0 Å². The lowest BCUT2D eigenvalue weighted by atomic mass is 10.1. The molecule has 0 heterocycles. The summed E-state index contributed by atoms with van der Waals surface area (Å²) in [5, 5.41) is 0. The van der Waals surface area contributed by atoms with Crippen molar-refractivity contribution in [2.24, 2.45) is 0 Å². The molecule has 0 atom stereocenters. The minimum absolute atomic E-state index is 0.524. The Balaban J connectivity index is 2.41. The number of hydrogen-bond donors (Lipinski definition) is 0. The van der Waals surface area contributed by atoms with E-state index in [1.54, 1.807) is 0 Å². The summed E-state index contributed by atoms with van der Waals surface area (Å²) in [5.41, 5.74) is 0. The van der Waals surface area contributed by atoms with Crippen molar-refractivity contribution in [1.82, 2.24) is 0 Å². The van der Waals surface area contributed by atoms with Crippen LogP contribution >= 0.6 is 10.7 Å². The van der Waals surface area contributed by atoms with Crippen molar-refractivity contribution < 1.29 is 8.42 Å². The van der Waals surface area contributed by atoms with Crippen LogP contribution in [0.3, 0.4) is 0 Å². The lowest BCUT2D eigenvalue weighted by Gasteiger charge is -2.09. The highest BCUT2D eigenvalue weighted by Gasteiger charge is 2.52. The molecular formula is C8H15ClO2S. The van der Waals surface area contributed by atoms with E-state index in [1.165, 1.54) is 0 Å². The zero-order valence-electron chi connectivity index (χ0n) is 7.35. The summed E-state index contributed by atoms with van der Waals surface area (Å²) in [4.78, 5) is 0. The lowest BCUT2D eigenvalue weighted by molar-refractivity contribution is 0.567. The molecule has 0 spiro atoms. The van der Waals surface area contributed by atoms with E-state index in [-0.39, 0.29) is 0 Å². The zero-order chi connectivity index (χ0) is 9.24. The van der Waals surface area contributed by atoms with Gasteiger partial charge in [-0.3, -0.25) is 0 Å². The van der Waals surface area contributed by atoms with Crippen molar-refractivity contribution >= 4 is 19.7 Å². The lowest BCUT2D eigenvalue weighted by Crippen LogP contribution is -2.17. The van der Waals surface area contributed by atoms with Crippen LogP contribution in [0.25, 0.3) is 0 Å². The first-order valence-corrected chi connectivity index (χ1v) is 6.77. The fraction of sp³-hybridized carbons (Fsp3) is 1.00. The van der Waals surface area contributed by atoms with Crippen molar-refractivity contribution in [3.8, 4) is 0 Å². The maximum atomic E-state index is 11.1. The highest BCUT2D eigenvalue weighted by Crippen LogP contribution is 2.49. The van der Waals surface area contributed by atoms with Crippen molar-refractivity contribution in [3.05, 3.63) is 0 Å². The molecule has 0 aromatic heterocycles. The van der Waals surface area contributed by atoms with Gasteiger partial charge in [0.1, 0.15) is 0 Å². The van der Waals surface area contributed by atoms with Crippen LogP contribution in [-0.4, -0.2) is 13.2 Å². The molecule has 0 aromatic carbocycles. The molecule has 72 valence electrons. The Bertz CT molecular complexity index is 242. The van der Waals surface area contributed by atoms with Crippen LogP contribution in [0.1, 0.15) is 45.4 Å². The summed E-state index contributed by atoms with van der Waals surface area (Å²) in [6, 6.07) is 0. The summed E-state index contributed by atoms with van der Waals surface area (Å²) in [5.74, 6) is 0. The van der Waals surface area contributed by atoms with Crippen LogP contribution < -0.4 is 0 Å². The van der Waals surface area contributed by atoms with Crippen LogP contribution in [0.5, 0.6) is 0 Å². The number of unbranched alkanes of at least 4 members (excludes halogenated alkanes) is 2. The van der Waals surface area contributed by atoms with Crippen LogP contribution in [0.2, 0.25) is 0 Å². The smallest absolute Gasteiger partial charge is 0.212 e. The summed E-state index contributed by atoms with van der Waals surface area (Å²) >= 11 is 0. The van der Waals surface area contributed by atoms with Gasteiger partial charge < -0.3 is 0 Å². The Morgan fingerprint density at radius 2 is 1.92 bits per heavy atom. The SMILES string of the molecule is CCCCCC1(S(=O)(=O)Cl)CC1. The maximum absolute atomic E-state index is 11.1. The van der Waals surface area contributed by atoms with Crippen molar-refractivity contribution in [2.45, 2.75) is 50.2 Å². The molecule has 0 unspecified atom stereocenters. The molecule has 0 saturated heterocycles. The van der Waals surface area contributed by atoms with E-state index in [0.717, 1.165) is 38.5 Å². The molecule has 1 aliphatic carbocycles. The molecule has 1 saturated carbocycles. The molecule has 0 amide bonds. The number of hydrogen-bond acceptors (Lipinski definition) is 2. The Hall–Kier alpha value is 0.240. The average molecular weight is 211 g/mol. The van der Waals surface area contributed by atoms with Gasteiger partial charge in [-0.25, -0.2) is 8.42 Å². The second kappa shape index (κ2) is 3.54. The monoisotopic (exact) mass is 210 g/mol. The molecule has 0 aliphatic heterocycles. The third kappa shape index (κ3) is 2.13. The predicted molar refractivity (Wildman–Crippen MR) is 50.9 cm³/mol. The van der Waals surface area contributed by atoms with E-state index in [2.05, 4.69) is 6.92 Å². The third-order valence-electron chi connectivity index (χ3n) is 2.56. The van der Waals surface area contributed by atoms with E-state index >= 15 is 0 Å². The van der Waals surface area contributed by atoms with Crippen LogP contribution in [0, 0.1) is 0 Å². The van der Waals surface area contributed by atoms with Gasteiger partial charge in [-0.05, 0) is 19.3 Å². The van der Waals surface area contributed by atoms with E-state index < -0.39 is 13.8 Å². The van der Waals surface area contributed by atoms with E-state index in [1.807, 2.05) is 0 Å². The molecular weight excluding hydrogens is 196 g/mol. The predicted octanol–water partition coefficient (Wildman–Crippen LogP) is 2.67. The second-order valence-corrected chi connectivity index (χ2v) is 6.54. The summed E-state index contributed by atoms with van der Waals surface area (Å²) in [6.07, 6.45) is 5.51. The van der Waals surface area contributed by atoms with Crippen molar-refractivity contribution in [2.75, 3.05) is 0 Å². The summed E-state index contributed by atoms with van der Waals surface area (Å²) in [7, 11) is 2.04. The first kappa shape index (κ1) is 10.3. The topological polar surface area (TPSA) is 34.1 Å². The average Bonchev–Trinajstić information content (AvgIpc) is 2.67. The van der Waals surface area contributed by atoms with Gasteiger partial charge in [0.25, 0.3) is 0 Å². The first-order valence-electron chi connectivity index (χ1n) is 4.46. The van der Waals surface area contributed by atoms with Gasteiger partial charge >= 0.3 is 0 Å². The molecule has 0 N–H and O–H groups in total. The molecule has 1 rings (SSSR count). The molecule has 2 nitrogen and oxygen atoms in total. The van der Waals surface area contributed by atoms with Crippen LogP contribution in [-0.2, 0) is 9.05 Å². The first-order chi connectivity index (χ1) is 5.52. The van der Waals surface area contributed by atoms with Crippen molar-refractivity contribution in [3.63, 3.8) is 0 Å². The highest BCUT2D eigenvalue weighted by molar-refractivity contribution is 8.15. The van der Waals surface area contributed by atoms with Crippen molar-refractivity contribution in [1.29, 1.82) is 0 Å². The normalized spacial score (nSPS) is 20.8. The highest BCUT2D eigenvalue weighted by atomic mass is 35.7. The van der Waals surface area contributed by atoms with Gasteiger partial charge in [-0.1, -0.05) is 26.2 Å². The molecule has 1 fully saturated rings. The van der Waals surface area contributed by atoms with Gasteiger partial charge in [-0.15, -0.1) is 0 Å². The zero-order valence-corrected chi connectivity index (χ0v) is 8.92. The Morgan fingerprint density at radius 1 is 1.33 bits per heavy atom. The minimum Gasteiger partial charge on any atom is -0.212 e. The standard InChI is InChI=1S/C8H15ClO2S/c1-2-3-4-5-8(6-7-8)12(9,10)11/h2-7H2,1H3. The molecule has 4 heteroatoms. The Morgan fingerprint density at radius 3 is 2.25 bits per heavy atom. The number of halogens is 1. The van der Waals surface area contributed by atoms with Crippen LogP contribution in [0.15, 0.2) is 0 Å². The van der Waals surface area contributed by atoms with E-state index in [0.29, 0.717) is 0 Å². The number of rotatable bonds is 5. The summed E-state index contributed by atoms with van der Waals surface area (Å²) in [6.45, 7) is 2.11. The molecule has 0 bridgehead atoms. The van der Waals surface area contributed by atoms with E-state index in [4.69, 9.17) is 10.7 Å². The molecule has 0 radical (unpaired) electrons. The second-order valence-electron chi connectivity index (χ2n) is 3.58. The molecule has 0 aromatic rings. The molecule has 1 aliphatic rings. The van der Waals surface area contributed by atoms with Gasteiger partial charge in [0.05, 0.1) is 4.75 Å². The van der Waals surface area contributed by atoms with Gasteiger partial charge in [-0.2, -0.15) is 0 Å². The quantitative estimate of drug-likeness (QED) is 0.517. The van der Waals surface area contributed by atoms with E-state index in [9.17, 15) is 8.42 Å². The Kier molecular flexibility index (Phi) is 3.05.